The van der Waals surface area contributed by atoms with Gasteiger partial charge in [0.15, 0.2) is 0 Å². The van der Waals surface area contributed by atoms with Crippen molar-refractivity contribution < 1.29 is 14.6 Å². The van der Waals surface area contributed by atoms with E-state index >= 15 is 0 Å². The summed E-state index contributed by atoms with van der Waals surface area (Å²) in [5.74, 6) is 0.519. The molecule has 0 atom stereocenters. The molecule has 0 aromatic heterocycles. The number of carbonyl (C=O) groups is 1. The van der Waals surface area contributed by atoms with E-state index in [1.165, 1.54) is 16.7 Å². The fourth-order valence-electron chi connectivity index (χ4n) is 0.913. The molecule has 1 N–H and O–H groups in total. The Kier molecular flexibility index (Phi) is 3.44. The molecule has 0 bridgehead atoms. The maximum atomic E-state index is 11.5. The van der Waals surface area contributed by atoms with E-state index in [0.29, 0.717) is 5.88 Å². The second kappa shape index (κ2) is 4.23. The lowest BCUT2D eigenvalue weighted by molar-refractivity contribution is 0.0366. The molecule has 0 unspecified atom stereocenters. The molecule has 0 aromatic rings. The van der Waals surface area contributed by atoms with Crippen molar-refractivity contribution in [2.75, 3.05) is 12.5 Å². The van der Waals surface area contributed by atoms with Crippen molar-refractivity contribution in [1.29, 1.82) is 0 Å². The van der Waals surface area contributed by atoms with Gasteiger partial charge in [-0.05, 0) is 20.8 Å². The maximum absolute atomic E-state index is 11.5. The number of carbonyl (C=O) groups excluding carboxylic acids is 1. The first kappa shape index (κ1) is 11.4. The van der Waals surface area contributed by atoms with Gasteiger partial charge in [-0.3, -0.25) is 4.90 Å². The highest BCUT2D eigenvalue weighted by atomic mass is 32.2. The van der Waals surface area contributed by atoms with Crippen molar-refractivity contribution in [1.82, 2.24) is 4.90 Å². The minimum Gasteiger partial charge on any atom is -0.443 e. The highest BCUT2D eigenvalue weighted by Gasteiger charge is 2.24. The highest BCUT2D eigenvalue weighted by Crippen LogP contribution is 2.26. The molecule has 0 radical (unpaired) electrons. The van der Waals surface area contributed by atoms with Gasteiger partial charge in [0.2, 0.25) is 0 Å². The zero-order chi connectivity index (χ0) is 10.8. The van der Waals surface area contributed by atoms with E-state index in [-0.39, 0.29) is 12.7 Å². The second-order valence-electron chi connectivity index (χ2n) is 3.98. The number of hydrogen-bond acceptors (Lipinski definition) is 4. The fraction of sp³-hybridized carbons (Fsp3) is 0.667. The Labute approximate surface area is 87.9 Å². The van der Waals surface area contributed by atoms with Gasteiger partial charge in [-0.2, -0.15) is 0 Å². The standard InChI is InChI=1S/C9H15NO3S/c1-9(2,3)13-8(12)10-4-7(5-11)14-6-10/h4,11H,5-6H2,1-3H3. The summed E-state index contributed by atoms with van der Waals surface area (Å²) in [4.78, 5) is 13.7. The molecule has 0 aromatic carbocycles. The van der Waals surface area contributed by atoms with Crippen LogP contribution in [0.1, 0.15) is 20.8 Å². The Morgan fingerprint density at radius 1 is 1.71 bits per heavy atom. The molecule has 1 rings (SSSR count). The Hall–Kier alpha value is -0.680. The van der Waals surface area contributed by atoms with E-state index in [0.717, 1.165) is 4.91 Å². The van der Waals surface area contributed by atoms with Gasteiger partial charge >= 0.3 is 6.09 Å². The van der Waals surface area contributed by atoms with Gasteiger partial charge in [0, 0.05) is 11.1 Å². The van der Waals surface area contributed by atoms with Crippen LogP contribution in [-0.2, 0) is 4.74 Å². The van der Waals surface area contributed by atoms with Gasteiger partial charge in [-0.25, -0.2) is 4.79 Å². The van der Waals surface area contributed by atoms with Crippen LogP contribution in [-0.4, -0.2) is 34.2 Å². The summed E-state index contributed by atoms with van der Waals surface area (Å²) in [6.07, 6.45) is 1.26. The first-order valence-electron chi connectivity index (χ1n) is 4.36. The molecule has 0 fully saturated rings. The summed E-state index contributed by atoms with van der Waals surface area (Å²) < 4.78 is 5.16. The van der Waals surface area contributed by atoms with Crippen molar-refractivity contribution in [2.45, 2.75) is 26.4 Å². The van der Waals surface area contributed by atoms with Crippen LogP contribution < -0.4 is 0 Å². The van der Waals surface area contributed by atoms with Crippen LogP contribution in [0.15, 0.2) is 11.1 Å². The van der Waals surface area contributed by atoms with Crippen LogP contribution in [0.2, 0.25) is 0 Å². The van der Waals surface area contributed by atoms with Crippen LogP contribution in [0.3, 0.4) is 0 Å². The number of hydrogen-bond donors (Lipinski definition) is 1. The van der Waals surface area contributed by atoms with E-state index in [1.807, 2.05) is 20.8 Å². The third kappa shape index (κ3) is 3.23. The highest BCUT2D eigenvalue weighted by molar-refractivity contribution is 8.03. The van der Waals surface area contributed by atoms with E-state index in [4.69, 9.17) is 9.84 Å². The number of ether oxygens (including phenoxy) is 1. The van der Waals surface area contributed by atoms with Gasteiger partial charge < -0.3 is 9.84 Å². The molecule has 0 spiro atoms. The van der Waals surface area contributed by atoms with E-state index < -0.39 is 5.60 Å². The van der Waals surface area contributed by atoms with Crippen molar-refractivity contribution in [3.05, 3.63) is 11.1 Å². The Balaban J connectivity index is 2.52. The number of thioether (sulfide) groups is 1. The van der Waals surface area contributed by atoms with Crippen molar-refractivity contribution in [3.8, 4) is 0 Å². The molecule has 0 saturated carbocycles. The first-order valence-corrected chi connectivity index (χ1v) is 5.35. The van der Waals surface area contributed by atoms with Crippen LogP contribution in [0, 0.1) is 0 Å². The summed E-state index contributed by atoms with van der Waals surface area (Å²) in [5, 5.41) is 8.83. The van der Waals surface area contributed by atoms with E-state index in [2.05, 4.69) is 0 Å². The number of nitrogens with zero attached hydrogens (tertiary/aromatic N) is 1. The zero-order valence-corrected chi connectivity index (χ0v) is 9.43. The van der Waals surface area contributed by atoms with Crippen molar-refractivity contribution in [3.63, 3.8) is 0 Å². The van der Waals surface area contributed by atoms with Crippen LogP contribution in [0.4, 0.5) is 4.79 Å². The summed E-state index contributed by atoms with van der Waals surface area (Å²) in [6.45, 7) is 5.45. The smallest absolute Gasteiger partial charge is 0.415 e. The lowest BCUT2D eigenvalue weighted by atomic mass is 10.2. The molecule has 1 aliphatic heterocycles. The van der Waals surface area contributed by atoms with Gasteiger partial charge in [0.05, 0.1) is 12.5 Å². The maximum Gasteiger partial charge on any atom is 0.415 e. The molecule has 5 heteroatoms. The third-order valence-electron chi connectivity index (χ3n) is 1.47. The number of aliphatic hydroxyl groups is 1. The van der Waals surface area contributed by atoms with Gasteiger partial charge in [-0.1, -0.05) is 0 Å². The second-order valence-corrected chi connectivity index (χ2v) is 5.05. The van der Waals surface area contributed by atoms with Crippen LogP contribution in [0.5, 0.6) is 0 Å². The number of aliphatic hydroxyl groups excluding tert-OH is 1. The molecule has 1 amide bonds. The monoisotopic (exact) mass is 217 g/mol. The quantitative estimate of drug-likeness (QED) is 0.727. The minimum absolute atomic E-state index is 0.0238. The normalized spacial score (nSPS) is 16.9. The molecule has 0 saturated heterocycles. The van der Waals surface area contributed by atoms with E-state index in [1.54, 1.807) is 6.20 Å². The molecular formula is C9H15NO3S. The van der Waals surface area contributed by atoms with Crippen molar-refractivity contribution >= 4 is 17.9 Å². The fourth-order valence-corrected chi connectivity index (χ4v) is 1.69. The first-order chi connectivity index (χ1) is 6.42. The topological polar surface area (TPSA) is 49.8 Å². The summed E-state index contributed by atoms with van der Waals surface area (Å²) in [6, 6.07) is 0. The largest absolute Gasteiger partial charge is 0.443 e. The number of amides is 1. The lowest BCUT2D eigenvalue weighted by Gasteiger charge is -2.22. The Morgan fingerprint density at radius 3 is 2.79 bits per heavy atom. The predicted molar refractivity (Wildman–Crippen MR) is 55.7 cm³/mol. The Morgan fingerprint density at radius 2 is 2.36 bits per heavy atom. The van der Waals surface area contributed by atoms with Crippen LogP contribution >= 0.6 is 11.8 Å². The molecule has 14 heavy (non-hydrogen) atoms. The van der Waals surface area contributed by atoms with Gasteiger partial charge in [-0.15, -0.1) is 11.8 Å². The molecule has 4 nitrogen and oxygen atoms in total. The number of rotatable bonds is 1. The third-order valence-corrected chi connectivity index (χ3v) is 2.49. The minimum atomic E-state index is -0.475. The summed E-state index contributed by atoms with van der Waals surface area (Å²) >= 11 is 1.44. The van der Waals surface area contributed by atoms with Gasteiger partial charge in [0.25, 0.3) is 0 Å². The predicted octanol–water partition coefficient (Wildman–Crippen LogP) is 1.76. The average Bonchev–Trinajstić information content (AvgIpc) is 2.48. The molecule has 1 heterocycles. The molecule has 1 aliphatic rings. The molecular weight excluding hydrogens is 202 g/mol. The SMILES string of the molecule is CC(C)(C)OC(=O)N1C=C(CO)SC1. The average molecular weight is 217 g/mol. The molecule has 0 aliphatic carbocycles. The van der Waals surface area contributed by atoms with E-state index in [9.17, 15) is 4.79 Å². The van der Waals surface area contributed by atoms with Crippen LogP contribution in [0.25, 0.3) is 0 Å². The summed E-state index contributed by atoms with van der Waals surface area (Å²) in [7, 11) is 0. The van der Waals surface area contributed by atoms with Gasteiger partial charge in [0.1, 0.15) is 5.60 Å². The summed E-state index contributed by atoms with van der Waals surface area (Å²) in [5.41, 5.74) is -0.475. The lowest BCUT2D eigenvalue weighted by Crippen LogP contribution is -2.32. The molecule has 80 valence electrons. The Bertz CT molecular complexity index is 257. The zero-order valence-electron chi connectivity index (χ0n) is 8.61. The van der Waals surface area contributed by atoms with Crippen molar-refractivity contribution in [2.24, 2.45) is 0 Å².